The monoisotopic (exact) mass is 373 g/mol. The van der Waals surface area contributed by atoms with Crippen molar-refractivity contribution in [2.24, 2.45) is 0 Å². The number of rotatable bonds is 16. The van der Waals surface area contributed by atoms with E-state index >= 15 is 0 Å². The number of aromatic amines is 1. The van der Waals surface area contributed by atoms with Gasteiger partial charge in [0.2, 0.25) is 0 Å². The number of methoxy groups -OCH3 is 3. The molecule has 0 saturated carbocycles. The Morgan fingerprint density at radius 3 is 2.58 bits per heavy atom. The van der Waals surface area contributed by atoms with Crippen LogP contribution in [0.1, 0.15) is 12.1 Å². The van der Waals surface area contributed by atoms with E-state index in [1.165, 1.54) is 7.11 Å². The average Bonchev–Trinajstić information content (AvgIpc) is 3.17. The molecule has 0 saturated heterocycles. The van der Waals surface area contributed by atoms with Gasteiger partial charge in [-0.15, -0.1) is 0 Å². The van der Waals surface area contributed by atoms with E-state index in [2.05, 4.69) is 9.97 Å². The molecule has 1 atom stereocenters. The number of nitrogens with one attached hydrogen (secondary N) is 1. The van der Waals surface area contributed by atoms with Gasteiger partial charge in [0.25, 0.3) is 0 Å². The van der Waals surface area contributed by atoms with Gasteiger partial charge in [-0.25, -0.2) is 4.98 Å². The van der Waals surface area contributed by atoms with Gasteiger partial charge < -0.3 is 28.7 Å². The highest BCUT2D eigenvalue weighted by Crippen LogP contribution is 2.09. The van der Waals surface area contributed by atoms with Crippen molar-refractivity contribution in [3.63, 3.8) is 0 Å². The van der Waals surface area contributed by atoms with Crippen LogP contribution in [0, 0.1) is 0 Å². The van der Waals surface area contributed by atoms with Gasteiger partial charge >= 0.3 is 5.97 Å². The summed E-state index contributed by atoms with van der Waals surface area (Å²) < 4.78 is 26.2. The minimum Gasteiger partial charge on any atom is -0.468 e. The Labute approximate surface area is 154 Å². The lowest BCUT2D eigenvalue weighted by Gasteiger charge is -2.29. The second-order valence-electron chi connectivity index (χ2n) is 5.62. The van der Waals surface area contributed by atoms with E-state index < -0.39 is 6.04 Å². The molecule has 9 nitrogen and oxygen atoms in total. The highest BCUT2D eigenvalue weighted by atomic mass is 16.5. The van der Waals surface area contributed by atoms with Crippen molar-refractivity contribution in [3.05, 3.63) is 18.2 Å². The third-order valence-corrected chi connectivity index (χ3v) is 3.73. The molecule has 9 heteroatoms. The van der Waals surface area contributed by atoms with Crippen molar-refractivity contribution in [3.8, 4) is 0 Å². The number of carbonyl (C=O) groups is 1. The number of hydrogen-bond donors (Lipinski definition) is 1. The van der Waals surface area contributed by atoms with Crippen LogP contribution in [0.2, 0.25) is 0 Å². The number of hydrogen-bond acceptors (Lipinski definition) is 8. The summed E-state index contributed by atoms with van der Waals surface area (Å²) in [5.41, 5.74) is 0.852. The molecule has 0 amide bonds. The van der Waals surface area contributed by atoms with Gasteiger partial charge in [0.1, 0.15) is 6.04 Å². The summed E-state index contributed by atoms with van der Waals surface area (Å²) in [6.07, 6.45) is 4.52. The number of aromatic nitrogens is 2. The second-order valence-corrected chi connectivity index (χ2v) is 5.62. The Kier molecular flexibility index (Phi) is 12.7. The lowest BCUT2D eigenvalue weighted by Crippen LogP contribution is -2.46. The minimum absolute atomic E-state index is 0.297. The summed E-state index contributed by atoms with van der Waals surface area (Å²) in [6, 6.07) is -0.492. The first kappa shape index (κ1) is 22.5. The molecule has 0 aliphatic carbocycles. The summed E-state index contributed by atoms with van der Waals surface area (Å²) in [4.78, 5) is 21.2. The highest BCUT2D eigenvalue weighted by Gasteiger charge is 2.27. The van der Waals surface area contributed by atoms with Crippen molar-refractivity contribution >= 4 is 5.97 Å². The van der Waals surface area contributed by atoms with Gasteiger partial charge in [-0.3, -0.25) is 9.69 Å². The summed E-state index contributed by atoms with van der Waals surface area (Å²) in [7, 11) is 4.66. The molecule has 0 bridgehead atoms. The van der Waals surface area contributed by atoms with Crippen LogP contribution in [0.3, 0.4) is 0 Å². The van der Waals surface area contributed by atoms with Crippen LogP contribution < -0.4 is 0 Å². The fourth-order valence-electron chi connectivity index (χ4n) is 2.33. The Morgan fingerprint density at radius 1 is 1.12 bits per heavy atom. The summed E-state index contributed by atoms with van der Waals surface area (Å²) in [5, 5.41) is 0. The molecule has 1 aromatic heterocycles. The molecule has 1 rings (SSSR count). The maximum Gasteiger partial charge on any atom is 0.323 e. The molecule has 0 aliphatic heterocycles. The molecule has 150 valence electrons. The maximum absolute atomic E-state index is 12.3. The third kappa shape index (κ3) is 9.25. The van der Waals surface area contributed by atoms with Gasteiger partial charge in [-0.2, -0.15) is 0 Å². The topological polar surface area (TPSA) is 95.1 Å². The maximum atomic E-state index is 12.3. The van der Waals surface area contributed by atoms with Crippen LogP contribution in [0.5, 0.6) is 0 Å². The Balaban J connectivity index is 2.63. The van der Waals surface area contributed by atoms with E-state index in [0.717, 1.165) is 12.1 Å². The van der Waals surface area contributed by atoms with Gasteiger partial charge in [0, 0.05) is 45.7 Å². The number of nitrogens with zero attached hydrogens (tertiary/aromatic N) is 2. The van der Waals surface area contributed by atoms with E-state index in [9.17, 15) is 4.79 Å². The first-order chi connectivity index (χ1) is 12.7. The van der Waals surface area contributed by atoms with Crippen LogP contribution in [0.15, 0.2) is 12.5 Å². The van der Waals surface area contributed by atoms with Crippen molar-refractivity contribution in [2.45, 2.75) is 18.9 Å². The van der Waals surface area contributed by atoms with E-state index in [0.29, 0.717) is 52.7 Å². The predicted molar refractivity (Wildman–Crippen MR) is 94.8 cm³/mol. The Morgan fingerprint density at radius 2 is 1.92 bits per heavy atom. The summed E-state index contributed by atoms with van der Waals surface area (Å²) >= 11 is 0. The molecule has 0 unspecified atom stereocenters. The van der Waals surface area contributed by atoms with E-state index in [-0.39, 0.29) is 5.97 Å². The largest absolute Gasteiger partial charge is 0.468 e. The number of imidazole rings is 1. The zero-order valence-corrected chi connectivity index (χ0v) is 15.9. The highest BCUT2D eigenvalue weighted by molar-refractivity contribution is 5.76. The van der Waals surface area contributed by atoms with E-state index in [1.54, 1.807) is 26.7 Å². The molecule has 1 aromatic rings. The SMILES string of the molecule is COCCCOCN(CCOCCOC)[C@@H](Cc1cnc[nH]1)C(=O)OC. The van der Waals surface area contributed by atoms with Crippen LogP contribution in [0.4, 0.5) is 0 Å². The average molecular weight is 373 g/mol. The molecule has 0 spiro atoms. The lowest BCUT2D eigenvalue weighted by molar-refractivity contribution is -0.150. The minimum atomic E-state index is -0.492. The quantitative estimate of drug-likeness (QED) is 0.254. The van der Waals surface area contributed by atoms with Gasteiger partial charge in [-0.05, 0) is 6.42 Å². The molecular formula is C17H31N3O6. The van der Waals surface area contributed by atoms with Gasteiger partial charge in [0.05, 0.1) is 46.6 Å². The summed E-state index contributed by atoms with van der Waals surface area (Å²) in [5.74, 6) is -0.322. The molecule has 1 N–H and O–H groups in total. The van der Waals surface area contributed by atoms with Crippen molar-refractivity contribution in [1.82, 2.24) is 14.9 Å². The van der Waals surface area contributed by atoms with Crippen molar-refractivity contribution in [2.75, 3.05) is 67.6 Å². The lowest BCUT2D eigenvalue weighted by atomic mass is 10.1. The Hall–Kier alpha value is -1.52. The summed E-state index contributed by atoms with van der Waals surface area (Å²) in [6.45, 7) is 3.50. The van der Waals surface area contributed by atoms with Gasteiger partial charge in [-0.1, -0.05) is 0 Å². The third-order valence-electron chi connectivity index (χ3n) is 3.73. The fraction of sp³-hybridized carbons (Fsp3) is 0.765. The first-order valence-corrected chi connectivity index (χ1v) is 8.65. The fourth-order valence-corrected chi connectivity index (χ4v) is 2.33. The van der Waals surface area contributed by atoms with Crippen molar-refractivity contribution in [1.29, 1.82) is 0 Å². The molecule has 26 heavy (non-hydrogen) atoms. The first-order valence-electron chi connectivity index (χ1n) is 8.65. The number of carbonyl (C=O) groups excluding carboxylic acids is 1. The number of ether oxygens (including phenoxy) is 5. The van der Waals surface area contributed by atoms with Gasteiger partial charge in [0.15, 0.2) is 0 Å². The standard InChI is InChI=1S/C17H31N3O6/c1-22-6-4-7-26-14-20(5-8-25-10-9-23-2)16(17(21)24-3)11-15-12-18-13-19-15/h12-13,16H,4-11,14H2,1-3H3,(H,18,19)/t16-/m0/s1. The smallest absolute Gasteiger partial charge is 0.323 e. The predicted octanol–water partition coefficient (Wildman–Crippen LogP) is 0.469. The zero-order chi connectivity index (χ0) is 19.0. The number of esters is 1. The van der Waals surface area contributed by atoms with E-state index in [1.807, 2.05) is 4.90 Å². The van der Waals surface area contributed by atoms with Crippen molar-refractivity contribution < 1.29 is 28.5 Å². The molecule has 0 fully saturated rings. The van der Waals surface area contributed by atoms with Crippen LogP contribution in [-0.2, 0) is 34.9 Å². The molecule has 0 aromatic carbocycles. The molecule has 0 radical (unpaired) electrons. The number of H-pyrrole nitrogens is 1. The molecule has 1 heterocycles. The second kappa shape index (κ2) is 14.6. The van der Waals surface area contributed by atoms with E-state index in [4.69, 9.17) is 23.7 Å². The van der Waals surface area contributed by atoms with Crippen LogP contribution >= 0.6 is 0 Å². The van der Waals surface area contributed by atoms with Crippen LogP contribution in [-0.4, -0.2) is 94.5 Å². The normalized spacial score (nSPS) is 12.5. The molecular weight excluding hydrogens is 342 g/mol. The molecule has 0 aliphatic rings. The zero-order valence-electron chi connectivity index (χ0n) is 15.9. The van der Waals surface area contributed by atoms with Crippen LogP contribution in [0.25, 0.3) is 0 Å². The Bertz CT molecular complexity index is 443.